The van der Waals surface area contributed by atoms with Gasteiger partial charge in [-0.1, -0.05) is 0 Å². The molecule has 96 valence electrons. The summed E-state index contributed by atoms with van der Waals surface area (Å²) in [6, 6.07) is 0.212. The van der Waals surface area contributed by atoms with Gasteiger partial charge < -0.3 is 11.1 Å². The number of nitrogens with zero attached hydrogens (tertiary/aromatic N) is 1. The Balaban J connectivity index is 2.02. The van der Waals surface area contributed by atoms with Crippen LogP contribution in [0.1, 0.15) is 12.8 Å². The molecule has 2 heterocycles. The van der Waals surface area contributed by atoms with Gasteiger partial charge in [-0.2, -0.15) is 4.37 Å². The highest BCUT2D eigenvalue weighted by Gasteiger charge is 2.24. The molecule has 0 spiro atoms. The summed E-state index contributed by atoms with van der Waals surface area (Å²) in [4.78, 5) is 0.962. The largest absolute Gasteiger partial charge is 0.382 e. The molecule has 0 aromatic carbocycles. The van der Waals surface area contributed by atoms with Gasteiger partial charge in [0.05, 0.1) is 16.4 Å². The molecule has 2 rings (SSSR count). The quantitative estimate of drug-likeness (QED) is 0.820. The first kappa shape index (κ1) is 13.0. The van der Waals surface area contributed by atoms with E-state index in [0.29, 0.717) is 18.7 Å². The Bertz CT molecular complexity index is 484. The van der Waals surface area contributed by atoms with E-state index in [9.17, 15) is 8.42 Å². The third-order valence-corrected chi connectivity index (χ3v) is 6.23. The van der Waals surface area contributed by atoms with Crippen molar-refractivity contribution in [3.63, 3.8) is 0 Å². The minimum absolute atomic E-state index is 0.212. The van der Waals surface area contributed by atoms with Crippen LogP contribution in [0, 0.1) is 0 Å². The molecule has 0 radical (unpaired) electrons. The van der Waals surface area contributed by atoms with Crippen molar-refractivity contribution in [2.75, 3.05) is 28.8 Å². The minimum atomic E-state index is -2.80. The van der Waals surface area contributed by atoms with Crippen molar-refractivity contribution in [1.29, 1.82) is 0 Å². The van der Waals surface area contributed by atoms with Gasteiger partial charge in [-0.15, -0.1) is 11.8 Å². The maximum atomic E-state index is 11.3. The van der Waals surface area contributed by atoms with Crippen LogP contribution in [-0.4, -0.2) is 36.6 Å². The molecule has 1 aromatic rings. The molecule has 1 aromatic heterocycles. The second-order valence-electron chi connectivity index (χ2n) is 4.00. The van der Waals surface area contributed by atoms with E-state index in [-0.39, 0.29) is 17.5 Å². The van der Waals surface area contributed by atoms with Gasteiger partial charge >= 0.3 is 0 Å². The summed E-state index contributed by atoms with van der Waals surface area (Å²) in [7, 11) is -2.80. The van der Waals surface area contributed by atoms with E-state index in [0.717, 1.165) is 9.90 Å². The van der Waals surface area contributed by atoms with Crippen LogP contribution in [0.4, 0.5) is 10.8 Å². The molecule has 1 fully saturated rings. The number of nitrogens with one attached hydrogen (secondary N) is 1. The first-order chi connectivity index (χ1) is 8.02. The molecule has 0 bridgehead atoms. The molecular formula is C9H15N3O2S3. The SMILES string of the molecule is CSc1c(N)nsc1NC1CCS(=O)(=O)CC1. The highest BCUT2D eigenvalue weighted by atomic mass is 32.2. The number of hydrogen-bond donors (Lipinski definition) is 2. The highest BCUT2D eigenvalue weighted by molar-refractivity contribution is 7.99. The average molecular weight is 293 g/mol. The maximum absolute atomic E-state index is 11.3. The van der Waals surface area contributed by atoms with Gasteiger partial charge in [-0.3, -0.25) is 0 Å². The lowest BCUT2D eigenvalue weighted by Gasteiger charge is -2.23. The van der Waals surface area contributed by atoms with E-state index in [2.05, 4.69) is 9.69 Å². The third-order valence-electron chi connectivity index (χ3n) is 2.77. The first-order valence-electron chi connectivity index (χ1n) is 5.28. The van der Waals surface area contributed by atoms with Crippen LogP contribution in [0.25, 0.3) is 0 Å². The lowest BCUT2D eigenvalue weighted by molar-refractivity contribution is 0.559. The predicted molar refractivity (Wildman–Crippen MR) is 73.6 cm³/mol. The zero-order chi connectivity index (χ0) is 12.5. The van der Waals surface area contributed by atoms with E-state index in [4.69, 9.17) is 5.73 Å². The molecule has 0 saturated carbocycles. The molecule has 0 amide bonds. The zero-order valence-electron chi connectivity index (χ0n) is 9.47. The van der Waals surface area contributed by atoms with Crippen molar-refractivity contribution in [3.8, 4) is 0 Å². The summed E-state index contributed by atoms with van der Waals surface area (Å²) in [5.74, 6) is 1.09. The Morgan fingerprint density at radius 1 is 1.47 bits per heavy atom. The van der Waals surface area contributed by atoms with Crippen LogP contribution < -0.4 is 11.1 Å². The predicted octanol–water partition coefficient (Wildman–Crippen LogP) is 1.44. The monoisotopic (exact) mass is 293 g/mol. The molecule has 5 nitrogen and oxygen atoms in total. The van der Waals surface area contributed by atoms with Crippen molar-refractivity contribution in [2.45, 2.75) is 23.8 Å². The second-order valence-corrected chi connectivity index (χ2v) is 7.89. The number of sulfone groups is 1. The van der Waals surface area contributed by atoms with E-state index < -0.39 is 9.84 Å². The molecule has 1 saturated heterocycles. The number of rotatable bonds is 3. The highest BCUT2D eigenvalue weighted by Crippen LogP contribution is 2.35. The van der Waals surface area contributed by atoms with Crippen LogP contribution in [0.3, 0.4) is 0 Å². The van der Waals surface area contributed by atoms with Crippen molar-refractivity contribution in [1.82, 2.24) is 4.37 Å². The van der Waals surface area contributed by atoms with E-state index in [1.807, 2.05) is 6.26 Å². The normalized spacial score (nSPS) is 20.3. The van der Waals surface area contributed by atoms with Crippen LogP contribution in [0.5, 0.6) is 0 Å². The summed E-state index contributed by atoms with van der Waals surface area (Å²) in [6.45, 7) is 0. The Morgan fingerprint density at radius 3 is 2.71 bits per heavy atom. The molecule has 0 unspecified atom stereocenters. The molecule has 8 heteroatoms. The summed E-state index contributed by atoms with van der Waals surface area (Å²) in [6.07, 6.45) is 3.28. The van der Waals surface area contributed by atoms with E-state index in [1.165, 1.54) is 11.5 Å². The third kappa shape index (κ3) is 3.05. The van der Waals surface area contributed by atoms with Crippen molar-refractivity contribution >= 4 is 44.0 Å². The smallest absolute Gasteiger partial charge is 0.153 e. The first-order valence-corrected chi connectivity index (χ1v) is 9.10. The molecule has 1 aliphatic heterocycles. The van der Waals surface area contributed by atoms with Crippen molar-refractivity contribution in [2.24, 2.45) is 0 Å². The number of anilines is 2. The molecule has 1 aliphatic rings. The molecule has 0 aliphatic carbocycles. The lowest BCUT2D eigenvalue weighted by Crippen LogP contribution is -2.31. The lowest BCUT2D eigenvalue weighted by atomic mass is 10.1. The Labute approximate surface area is 109 Å². The van der Waals surface area contributed by atoms with Crippen LogP contribution in [-0.2, 0) is 9.84 Å². The number of thioether (sulfide) groups is 1. The fourth-order valence-electron chi connectivity index (χ4n) is 1.80. The average Bonchev–Trinajstić information content (AvgIpc) is 2.62. The minimum Gasteiger partial charge on any atom is -0.382 e. The standard InChI is InChI=1S/C9H15N3O2S3/c1-15-7-8(10)12-16-9(7)11-6-2-4-17(13,14)5-3-6/h6,11H,2-5H2,1H3,(H2,10,12). The number of nitrogen functional groups attached to an aromatic ring is 1. The maximum Gasteiger partial charge on any atom is 0.153 e. The topological polar surface area (TPSA) is 85.1 Å². The van der Waals surface area contributed by atoms with Gasteiger partial charge in [0, 0.05) is 6.04 Å². The van der Waals surface area contributed by atoms with E-state index in [1.54, 1.807) is 11.8 Å². The van der Waals surface area contributed by atoms with Gasteiger partial charge in [0.2, 0.25) is 0 Å². The second kappa shape index (κ2) is 5.03. The molecule has 17 heavy (non-hydrogen) atoms. The summed E-state index contributed by atoms with van der Waals surface area (Å²) in [5, 5.41) is 4.31. The van der Waals surface area contributed by atoms with Crippen LogP contribution in [0.15, 0.2) is 4.90 Å². The zero-order valence-corrected chi connectivity index (χ0v) is 11.9. The van der Waals surface area contributed by atoms with Gasteiger partial charge in [-0.25, -0.2) is 8.42 Å². The molecular weight excluding hydrogens is 278 g/mol. The summed E-state index contributed by atoms with van der Waals surface area (Å²) >= 11 is 2.90. The van der Waals surface area contributed by atoms with Gasteiger partial charge in [0.1, 0.15) is 14.8 Å². The molecule has 3 N–H and O–H groups in total. The van der Waals surface area contributed by atoms with Crippen molar-refractivity contribution in [3.05, 3.63) is 0 Å². The number of nitrogens with two attached hydrogens (primary N) is 1. The summed E-state index contributed by atoms with van der Waals surface area (Å²) in [5.41, 5.74) is 5.74. The van der Waals surface area contributed by atoms with Gasteiger partial charge in [-0.05, 0) is 30.6 Å². The fraction of sp³-hybridized carbons (Fsp3) is 0.667. The Hall–Kier alpha value is -0.470. The Kier molecular flexibility index (Phi) is 3.84. The van der Waals surface area contributed by atoms with Crippen LogP contribution in [0.2, 0.25) is 0 Å². The van der Waals surface area contributed by atoms with Gasteiger partial charge in [0.15, 0.2) is 5.82 Å². The van der Waals surface area contributed by atoms with Crippen molar-refractivity contribution < 1.29 is 8.42 Å². The summed E-state index contributed by atoms with van der Waals surface area (Å²) < 4.78 is 26.7. The number of hydrogen-bond acceptors (Lipinski definition) is 7. The fourth-order valence-corrected chi connectivity index (χ4v) is 4.90. The molecule has 0 atom stereocenters. The Morgan fingerprint density at radius 2 is 2.12 bits per heavy atom. The van der Waals surface area contributed by atoms with Crippen LogP contribution >= 0.6 is 23.3 Å². The van der Waals surface area contributed by atoms with Gasteiger partial charge in [0.25, 0.3) is 0 Å². The number of aromatic nitrogens is 1. The van der Waals surface area contributed by atoms with E-state index >= 15 is 0 Å².